The van der Waals surface area contributed by atoms with Gasteiger partial charge in [-0.2, -0.15) is 0 Å². The van der Waals surface area contributed by atoms with E-state index in [0.29, 0.717) is 5.56 Å². The Bertz CT molecular complexity index is 415. The van der Waals surface area contributed by atoms with E-state index in [-0.39, 0.29) is 10.9 Å². The Balaban J connectivity index is 2.25. The number of thiol groups is 1. The molecule has 0 saturated carbocycles. The molecule has 0 aliphatic rings. The molecule has 3 heteroatoms. The lowest BCUT2D eigenvalue weighted by Crippen LogP contribution is -1.94. The molecule has 20 heavy (non-hydrogen) atoms. The van der Waals surface area contributed by atoms with Crippen molar-refractivity contribution in [2.75, 3.05) is 0 Å². The van der Waals surface area contributed by atoms with Crippen molar-refractivity contribution >= 4 is 17.7 Å². The SMILES string of the molecule is CCCCCCCCCCc1cccc(C(=O)S)c1O. The van der Waals surface area contributed by atoms with Crippen molar-refractivity contribution in [3.63, 3.8) is 0 Å². The van der Waals surface area contributed by atoms with Gasteiger partial charge in [0.15, 0.2) is 0 Å². The molecule has 0 amide bonds. The molecule has 0 aliphatic carbocycles. The zero-order valence-electron chi connectivity index (χ0n) is 12.4. The first kappa shape index (κ1) is 17.1. The van der Waals surface area contributed by atoms with Crippen LogP contribution in [0.1, 0.15) is 74.2 Å². The van der Waals surface area contributed by atoms with Gasteiger partial charge in [0.2, 0.25) is 5.12 Å². The standard InChI is InChI=1S/C17H26O2S/c1-2-3-4-5-6-7-8-9-11-14-12-10-13-15(16(14)18)17(19)20/h10,12-13,18H,2-9,11H2,1H3,(H,19,20). The normalized spacial score (nSPS) is 10.7. The molecule has 0 heterocycles. The Morgan fingerprint density at radius 2 is 1.65 bits per heavy atom. The summed E-state index contributed by atoms with van der Waals surface area (Å²) in [7, 11) is 0. The van der Waals surface area contributed by atoms with Crippen molar-refractivity contribution in [3.8, 4) is 5.75 Å². The van der Waals surface area contributed by atoms with Crippen LogP contribution in [-0.4, -0.2) is 10.2 Å². The summed E-state index contributed by atoms with van der Waals surface area (Å²) in [6.45, 7) is 2.23. The predicted octanol–water partition coefficient (Wildman–Crippen LogP) is 5.15. The number of rotatable bonds is 10. The van der Waals surface area contributed by atoms with Gasteiger partial charge in [-0.3, -0.25) is 4.79 Å². The summed E-state index contributed by atoms with van der Waals surface area (Å²) in [6, 6.07) is 5.31. The van der Waals surface area contributed by atoms with Crippen LogP contribution in [-0.2, 0) is 6.42 Å². The molecule has 0 radical (unpaired) electrons. The van der Waals surface area contributed by atoms with E-state index in [9.17, 15) is 9.90 Å². The number of hydrogen-bond donors (Lipinski definition) is 2. The van der Waals surface area contributed by atoms with Crippen LogP contribution in [0.5, 0.6) is 5.75 Å². The van der Waals surface area contributed by atoms with Gasteiger partial charge in [-0.25, -0.2) is 0 Å². The number of para-hydroxylation sites is 1. The lowest BCUT2D eigenvalue weighted by atomic mass is 10.0. The van der Waals surface area contributed by atoms with Gasteiger partial charge in [0.25, 0.3) is 0 Å². The largest absolute Gasteiger partial charge is 0.507 e. The van der Waals surface area contributed by atoms with Gasteiger partial charge in [0.05, 0.1) is 5.56 Å². The smallest absolute Gasteiger partial charge is 0.220 e. The van der Waals surface area contributed by atoms with E-state index in [2.05, 4.69) is 19.6 Å². The lowest BCUT2D eigenvalue weighted by molar-refractivity contribution is 0.108. The average molecular weight is 294 g/mol. The summed E-state index contributed by atoms with van der Waals surface area (Å²) < 4.78 is 0. The number of phenolic OH excluding ortho intramolecular Hbond substituents is 1. The third kappa shape index (κ3) is 6.00. The van der Waals surface area contributed by atoms with Crippen LogP contribution in [0, 0.1) is 0 Å². The molecule has 1 N–H and O–H groups in total. The molecular formula is C17H26O2S. The molecule has 112 valence electrons. The average Bonchev–Trinajstić information content (AvgIpc) is 2.43. The Morgan fingerprint density at radius 3 is 2.25 bits per heavy atom. The first-order valence-electron chi connectivity index (χ1n) is 7.71. The first-order chi connectivity index (χ1) is 9.66. The van der Waals surface area contributed by atoms with Crippen molar-refractivity contribution in [2.24, 2.45) is 0 Å². The van der Waals surface area contributed by atoms with Crippen LogP contribution in [0.15, 0.2) is 18.2 Å². The number of carbonyl (C=O) groups excluding carboxylic acids is 1. The van der Waals surface area contributed by atoms with Crippen molar-refractivity contribution in [1.29, 1.82) is 0 Å². The summed E-state index contributed by atoms with van der Waals surface area (Å²) in [5.74, 6) is 0.107. The highest BCUT2D eigenvalue weighted by Gasteiger charge is 2.10. The van der Waals surface area contributed by atoms with Crippen LogP contribution in [0.25, 0.3) is 0 Å². The van der Waals surface area contributed by atoms with Crippen LogP contribution in [0.4, 0.5) is 0 Å². The maximum Gasteiger partial charge on any atom is 0.220 e. The van der Waals surface area contributed by atoms with E-state index in [1.807, 2.05) is 12.1 Å². The highest BCUT2D eigenvalue weighted by molar-refractivity contribution is 7.97. The van der Waals surface area contributed by atoms with Gasteiger partial charge in [0.1, 0.15) is 5.75 Å². The van der Waals surface area contributed by atoms with Crippen LogP contribution in [0.2, 0.25) is 0 Å². The Kier molecular flexibility index (Phi) is 8.43. The van der Waals surface area contributed by atoms with E-state index in [1.165, 1.54) is 44.9 Å². The maximum absolute atomic E-state index is 11.2. The van der Waals surface area contributed by atoms with E-state index in [0.717, 1.165) is 18.4 Å². The molecule has 2 nitrogen and oxygen atoms in total. The molecule has 1 rings (SSSR count). The van der Waals surface area contributed by atoms with Gasteiger partial charge >= 0.3 is 0 Å². The van der Waals surface area contributed by atoms with Crippen molar-refractivity contribution in [2.45, 2.75) is 64.7 Å². The van der Waals surface area contributed by atoms with E-state index in [1.54, 1.807) is 6.07 Å². The number of aromatic hydroxyl groups is 1. The highest BCUT2D eigenvalue weighted by Crippen LogP contribution is 2.25. The van der Waals surface area contributed by atoms with Gasteiger partial charge in [-0.1, -0.05) is 64.0 Å². The van der Waals surface area contributed by atoms with Crippen LogP contribution >= 0.6 is 12.6 Å². The van der Waals surface area contributed by atoms with Crippen LogP contribution < -0.4 is 0 Å². The summed E-state index contributed by atoms with van der Waals surface area (Å²) in [5, 5.41) is 9.61. The van der Waals surface area contributed by atoms with Crippen molar-refractivity contribution in [1.82, 2.24) is 0 Å². The Morgan fingerprint density at radius 1 is 1.05 bits per heavy atom. The number of aryl methyl sites for hydroxylation is 1. The van der Waals surface area contributed by atoms with Crippen LogP contribution in [0.3, 0.4) is 0 Å². The third-order valence-corrected chi connectivity index (χ3v) is 3.89. The molecule has 0 spiro atoms. The fraction of sp³-hybridized carbons (Fsp3) is 0.588. The molecule has 1 aromatic carbocycles. The quantitative estimate of drug-likeness (QED) is 0.463. The molecule has 0 aliphatic heterocycles. The van der Waals surface area contributed by atoms with E-state index < -0.39 is 0 Å². The second-order valence-corrected chi connectivity index (χ2v) is 5.75. The minimum Gasteiger partial charge on any atom is -0.507 e. The minimum atomic E-state index is -0.375. The number of carbonyl (C=O) groups is 1. The molecule has 0 saturated heterocycles. The van der Waals surface area contributed by atoms with E-state index >= 15 is 0 Å². The molecule has 0 unspecified atom stereocenters. The second-order valence-electron chi connectivity index (χ2n) is 5.34. The number of benzene rings is 1. The highest BCUT2D eigenvalue weighted by atomic mass is 32.1. The Hall–Kier alpha value is -0.960. The fourth-order valence-electron chi connectivity index (χ4n) is 2.41. The molecule has 1 aromatic rings. The molecule has 0 bridgehead atoms. The summed E-state index contributed by atoms with van der Waals surface area (Å²) in [4.78, 5) is 11.2. The maximum atomic E-state index is 11.2. The van der Waals surface area contributed by atoms with Gasteiger partial charge < -0.3 is 5.11 Å². The lowest BCUT2D eigenvalue weighted by Gasteiger charge is -2.07. The predicted molar refractivity (Wildman–Crippen MR) is 87.7 cm³/mol. The molecule has 0 atom stereocenters. The first-order valence-corrected chi connectivity index (χ1v) is 8.15. The number of unbranched alkanes of at least 4 members (excludes halogenated alkanes) is 7. The van der Waals surface area contributed by atoms with Gasteiger partial charge in [-0.05, 0) is 24.5 Å². The monoisotopic (exact) mass is 294 g/mol. The third-order valence-electron chi connectivity index (χ3n) is 3.65. The zero-order chi connectivity index (χ0) is 14.8. The van der Waals surface area contributed by atoms with Crippen molar-refractivity contribution in [3.05, 3.63) is 29.3 Å². The molecular weight excluding hydrogens is 268 g/mol. The minimum absolute atomic E-state index is 0.107. The van der Waals surface area contributed by atoms with Gasteiger partial charge in [-0.15, -0.1) is 12.6 Å². The second kappa shape index (κ2) is 9.87. The number of hydrogen-bond acceptors (Lipinski definition) is 2. The van der Waals surface area contributed by atoms with E-state index in [4.69, 9.17) is 0 Å². The van der Waals surface area contributed by atoms with Gasteiger partial charge in [0, 0.05) is 0 Å². The van der Waals surface area contributed by atoms with Crippen molar-refractivity contribution < 1.29 is 9.90 Å². The summed E-state index contributed by atoms with van der Waals surface area (Å²) in [5.41, 5.74) is 1.17. The topological polar surface area (TPSA) is 37.3 Å². The Labute approximate surface area is 128 Å². The summed E-state index contributed by atoms with van der Waals surface area (Å²) in [6.07, 6.45) is 11.0. The number of phenols is 1. The fourth-order valence-corrected chi connectivity index (χ4v) is 2.60. The summed E-state index contributed by atoms with van der Waals surface area (Å²) >= 11 is 3.77. The zero-order valence-corrected chi connectivity index (χ0v) is 13.3. The molecule has 0 fully saturated rings. The molecule has 0 aromatic heterocycles.